The number of carbonyl (C=O) groups is 2. The number of amides is 2. The van der Waals surface area contributed by atoms with Crippen LogP contribution < -0.4 is 20.5 Å². The van der Waals surface area contributed by atoms with Gasteiger partial charge < -0.3 is 25.3 Å². The Bertz CT molecular complexity index is 1240. The number of nitrogens with zero attached hydrogens (tertiary/aromatic N) is 2. The highest BCUT2D eigenvalue weighted by atomic mass is 16.5. The SMILES string of the molecule is CC.CCOc1ccc2cc1CN1C(=O)CC(CCOCc3ccc4c(c3)C(CC(C)(C)O4)NC2=O)N=C1N. The van der Waals surface area contributed by atoms with Crippen molar-refractivity contribution in [2.24, 2.45) is 10.7 Å². The number of nitrogens with one attached hydrogen (secondary N) is 1. The lowest BCUT2D eigenvalue weighted by Crippen LogP contribution is -2.47. The number of fused-ring (bicyclic) bond motifs is 5. The predicted octanol–water partition coefficient (Wildman–Crippen LogP) is 4.48. The minimum Gasteiger partial charge on any atom is -0.494 e. The van der Waals surface area contributed by atoms with Gasteiger partial charge in [0.2, 0.25) is 5.91 Å². The summed E-state index contributed by atoms with van der Waals surface area (Å²) < 4.78 is 17.9. The third-order valence-corrected chi connectivity index (χ3v) is 6.95. The summed E-state index contributed by atoms with van der Waals surface area (Å²) >= 11 is 0. The second-order valence-electron chi connectivity index (χ2n) is 10.4. The Kier molecular flexibility index (Phi) is 8.80. The van der Waals surface area contributed by atoms with E-state index in [0.717, 1.165) is 16.9 Å². The van der Waals surface area contributed by atoms with E-state index in [4.69, 9.17) is 19.9 Å². The molecule has 2 aromatic rings. The largest absolute Gasteiger partial charge is 0.494 e. The molecule has 3 N–H and O–H groups in total. The molecule has 0 saturated carbocycles. The topological polar surface area (TPSA) is 115 Å². The molecule has 4 aliphatic heterocycles. The van der Waals surface area contributed by atoms with Crippen molar-refractivity contribution >= 4 is 17.8 Å². The first-order valence-electron chi connectivity index (χ1n) is 13.8. The first-order valence-corrected chi connectivity index (χ1v) is 13.8. The Hall–Kier alpha value is -3.59. The van der Waals surface area contributed by atoms with E-state index < -0.39 is 5.60 Å². The van der Waals surface area contributed by atoms with Crippen molar-refractivity contribution in [2.75, 3.05) is 13.2 Å². The molecule has 2 unspecified atom stereocenters. The molecule has 39 heavy (non-hydrogen) atoms. The lowest BCUT2D eigenvalue weighted by atomic mass is 9.88. The fraction of sp³-hybridized carbons (Fsp3) is 0.500. The Labute approximate surface area is 230 Å². The van der Waals surface area contributed by atoms with Gasteiger partial charge in [0.25, 0.3) is 5.91 Å². The van der Waals surface area contributed by atoms with Crippen molar-refractivity contribution in [3.63, 3.8) is 0 Å². The van der Waals surface area contributed by atoms with E-state index in [1.165, 1.54) is 4.90 Å². The van der Waals surface area contributed by atoms with Gasteiger partial charge in [-0.1, -0.05) is 19.9 Å². The third kappa shape index (κ3) is 6.53. The van der Waals surface area contributed by atoms with Crippen LogP contribution in [0.1, 0.15) is 87.0 Å². The van der Waals surface area contributed by atoms with Gasteiger partial charge in [-0.05, 0) is 63.1 Å². The van der Waals surface area contributed by atoms with Gasteiger partial charge in [0.15, 0.2) is 5.96 Å². The standard InChI is InChI=1S/C28H34N4O5.C2H6/c1-4-36-23-8-6-18-12-19(23)15-32-25(33)13-20(30-27(32)29)9-10-35-16-17-5-7-24-21(11-17)22(31-26(18)34)14-28(2,3)37-24;1-2/h5-8,11-12,20,22H,4,9-10,13-16H2,1-3H3,(H2,29,30)(H,31,34);1-2H3. The number of hydrogen-bond acceptors (Lipinski definition) is 7. The van der Waals surface area contributed by atoms with Crippen LogP contribution in [0.5, 0.6) is 11.5 Å². The van der Waals surface area contributed by atoms with Crippen LogP contribution in [0.3, 0.4) is 0 Å². The molecular formula is C30H40N4O5. The summed E-state index contributed by atoms with van der Waals surface area (Å²) in [6.45, 7) is 11.4. The first-order chi connectivity index (χ1) is 18.7. The first kappa shape index (κ1) is 28.4. The summed E-state index contributed by atoms with van der Waals surface area (Å²) in [6.07, 6.45) is 1.47. The van der Waals surface area contributed by atoms with Gasteiger partial charge >= 0.3 is 0 Å². The maximum Gasteiger partial charge on any atom is 0.251 e. The summed E-state index contributed by atoms with van der Waals surface area (Å²) in [5.41, 5.74) is 8.88. The highest BCUT2D eigenvalue weighted by Crippen LogP contribution is 2.40. The highest BCUT2D eigenvalue weighted by molar-refractivity contribution is 5.99. The van der Waals surface area contributed by atoms with E-state index in [1.54, 1.807) is 18.2 Å². The van der Waals surface area contributed by atoms with E-state index in [2.05, 4.69) is 10.3 Å². The molecular weight excluding hydrogens is 496 g/mol. The van der Waals surface area contributed by atoms with E-state index in [0.29, 0.717) is 49.5 Å². The molecule has 6 rings (SSSR count). The number of aliphatic imine (C=N–C) groups is 1. The van der Waals surface area contributed by atoms with Gasteiger partial charge in [0.05, 0.1) is 31.8 Å². The number of ether oxygens (including phenoxy) is 3. The Balaban J connectivity index is 0.00000172. The fourth-order valence-electron chi connectivity index (χ4n) is 5.16. The zero-order valence-corrected chi connectivity index (χ0v) is 23.6. The highest BCUT2D eigenvalue weighted by Gasteiger charge is 2.35. The van der Waals surface area contributed by atoms with E-state index in [9.17, 15) is 9.59 Å². The molecule has 0 saturated heterocycles. The number of hydrogen-bond donors (Lipinski definition) is 2. The van der Waals surface area contributed by atoms with Crippen LogP contribution in [0.2, 0.25) is 0 Å². The molecule has 0 aromatic heterocycles. The summed E-state index contributed by atoms with van der Waals surface area (Å²) in [5.74, 6) is 1.21. The number of rotatable bonds is 2. The number of benzene rings is 2. The molecule has 4 heterocycles. The molecule has 4 aliphatic rings. The lowest BCUT2D eigenvalue weighted by molar-refractivity contribution is -0.129. The normalized spacial score (nSPS) is 22.3. The smallest absolute Gasteiger partial charge is 0.251 e. The Morgan fingerprint density at radius 3 is 2.72 bits per heavy atom. The number of carbonyl (C=O) groups excluding carboxylic acids is 2. The lowest BCUT2D eigenvalue weighted by Gasteiger charge is -2.38. The Morgan fingerprint density at radius 2 is 1.97 bits per heavy atom. The van der Waals surface area contributed by atoms with Crippen molar-refractivity contribution in [3.05, 3.63) is 58.7 Å². The van der Waals surface area contributed by atoms with Gasteiger partial charge in [0, 0.05) is 36.1 Å². The van der Waals surface area contributed by atoms with E-state index in [-0.39, 0.29) is 42.8 Å². The monoisotopic (exact) mass is 536 g/mol. The molecule has 0 radical (unpaired) electrons. The molecule has 6 bridgehead atoms. The van der Waals surface area contributed by atoms with Crippen LogP contribution in [0.25, 0.3) is 0 Å². The van der Waals surface area contributed by atoms with Gasteiger partial charge in [-0.2, -0.15) is 0 Å². The van der Waals surface area contributed by atoms with Crippen molar-refractivity contribution in [2.45, 2.75) is 84.7 Å². The summed E-state index contributed by atoms with van der Waals surface area (Å²) in [4.78, 5) is 32.5. The quantitative estimate of drug-likeness (QED) is 0.585. The minimum atomic E-state index is -0.437. The molecule has 9 nitrogen and oxygen atoms in total. The third-order valence-electron chi connectivity index (χ3n) is 6.95. The molecule has 0 aliphatic carbocycles. The van der Waals surface area contributed by atoms with Crippen molar-refractivity contribution in [1.29, 1.82) is 0 Å². The molecule has 210 valence electrons. The Morgan fingerprint density at radius 1 is 1.18 bits per heavy atom. The average molecular weight is 537 g/mol. The molecule has 0 fully saturated rings. The fourth-order valence-corrected chi connectivity index (χ4v) is 5.16. The van der Waals surface area contributed by atoms with Gasteiger partial charge in [-0.25, -0.2) is 4.99 Å². The molecule has 0 spiro atoms. The maximum atomic E-state index is 13.5. The molecule has 9 heteroatoms. The van der Waals surface area contributed by atoms with Crippen molar-refractivity contribution in [3.8, 4) is 11.5 Å². The van der Waals surface area contributed by atoms with Crippen molar-refractivity contribution < 1.29 is 23.8 Å². The molecule has 2 aromatic carbocycles. The second-order valence-corrected chi connectivity index (χ2v) is 10.4. The second kappa shape index (κ2) is 12.1. The number of guanidine groups is 1. The zero-order valence-electron chi connectivity index (χ0n) is 23.6. The van der Waals surface area contributed by atoms with E-state index >= 15 is 0 Å². The van der Waals surface area contributed by atoms with Crippen LogP contribution in [-0.4, -0.2) is 47.5 Å². The number of nitrogens with two attached hydrogens (primary N) is 1. The molecule has 2 atom stereocenters. The zero-order chi connectivity index (χ0) is 28.2. The molecule has 2 amide bonds. The van der Waals surface area contributed by atoms with Crippen LogP contribution in [0.15, 0.2) is 41.4 Å². The van der Waals surface area contributed by atoms with Crippen LogP contribution >= 0.6 is 0 Å². The predicted molar refractivity (Wildman–Crippen MR) is 150 cm³/mol. The van der Waals surface area contributed by atoms with Gasteiger partial charge in [-0.3, -0.25) is 14.5 Å². The van der Waals surface area contributed by atoms with Gasteiger partial charge in [0.1, 0.15) is 17.1 Å². The average Bonchev–Trinajstić information content (AvgIpc) is 2.90. The van der Waals surface area contributed by atoms with Gasteiger partial charge in [-0.15, -0.1) is 0 Å². The summed E-state index contributed by atoms with van der Waals surface area (Å²) in [6, 6.07) is 10.8. The summed E-state index contributed by atoms with van der Waals surface area (Å²) in [7, 11) is 0. The maximum absolute atomic E-state index is 13.5. The van der Waals surface area contributed by atoms with E-state index in [1.807, 2.05) is 52.8 Å². The van der Waals surface area contributed by atoms with Crippen molar-refractivity contribution in [1.82, 2.24) is 10.2 Å². The minimum absolute atomic E-state index is 0.111. The summed E-state index contributed by atoms with van der Waals surface area (Å²) in [5, 5.41) is 3.21. The van der Waals surface area contributed by atoms with Crippen LogP contribution in [-0.2, 0) is 22.7 Å². The van der Waals surface area contributed by atoms with Crippen LogP contribution in [0.4, 0.5) is 0 Å². The van der Waals surface area contributed by atoms with Crippen LogP contribution in [0, 0.1) is 0 Å².